The summed E-state index contributed by atoms with van der Waals surface area (Å²) in [6.07, 6.45) is 30.5. The number of carbonyl (C=O) groups is 1. The molecule has 1 saturated heterocycles. The maximum Gasteiger partial charge on any atom is 0.249 e. The first-order valence-corrected chi connectivity index (χ1v) is 23.4. The second-order valence-corrected chi connectivity index (χ2v) is 16.5. The maximum atomic E-state index is 13.1. The minimum absolute atomic E-state index is 0.243. The molecule has 0 aliphatic carbocycles. The fourth-order valence-corrected chi connectivity index (χ4v) is 7.21. The summed E-state index contributed by atoms with van der Waals surface area (Å²) in [6, 6.07) is -1.19. The molecule has 11 heteroatoms. The number of rotatable bonds is 38. The number of aliphatic hydroxyl groups excluding tert-OH is 7. The van der Waals surface area contributed by atoms with Gasteiger partial charge < -0.3 is 50.5 Å². The van der Waals surface area contributed by atoms with Crippen LogP contribution in [0.3, 0.4) is 0 Å². The Kier molecular flexibility index (Phi) is 34.8. The first kappa shape index (κ1) is 54.3. The number of nitrogens with one attached hydrogen (secondary N) is 1. The lowest BCUT2D eigenvalue weighted by Crippen LogP contribution is -2.60. The van der Waals surface area contributed by atoms with E-state index in [2.05, 4.69) is 55.6 Å². The molecule has 8 N–H and O–H groups in total. The lowest BCUT2D eigenvalue weighted by atomic mass is 9.98. The molecule has 1 rings (SSSR count). The van der Waals surface area contributed by atoms with Gasteiger partial charge in [-0.2, -0.15) is 0 Å². The summed E-state index contributed by atoms with van der Waals surface area (Å²) in [5.74, 6) is -0.718. The fraction of sp³-hybridized carbons (Fsp3) is 0.851. The lowest BCUT2D eigenvalue weighted by Gasteiger charge is -2.40. The molecule has 9 atom stereocenters. The van der Waals surface area contributed by atoms with Crippen LogP contribution in [0.5, 0.6) is 0 Å². The van der Waals surface area contributed by atoms with Gasteiger partial charge >= 0.3 is 0 Å². The molecule has 1 heterocycles. The monoisotopic (exact) mass is 826 g/mol. The average molecular weight is 826 g/mol. The number of aliphatic hydroxyl groups is 7. The van der Waals surface area contributed by atoms with E-state index in [1.807, 2.05) is 0 Å². The number of carbonyl (C=O) groups excluding carboxylic acids is 1. The summed E-state index contributed by atoms with van der Waals surface area (Å²) in [4.78, 5) is 13.1. The molecule has 1 amide bonds. The lowest BCUT2D eigenvalue weighted by molar-refractivity contribution is -0.303. The summed E-state index contributed by atoms with van der Waals surface area (Å²) >= 11 is 0. The average Bonchev–Trinajstić information content (AvgIpc) is 3.22. The quantitative estimate of drug-likeness (QED) is 0.0227. The summed E-state index contributed by atoms with van der Waals surface area (Å²) < 4.78 is 11.1. The predicted molar refractivity (Wildman–Crippen MR) is 233 cm³/mol. The zero-order valence-electron chi connectivity index (χ0n) is 36.5. The fourth-order valence-electron chi connectivity index (χ4n) is 7.21. The van der Waals surface area contributed by atoms with E-state index in [1.165, 1.54) is 77.0 Å². The Balaban J connectivity index is 2.50. The van der Waals surface area contributed by atoms with E-state index >= 15 is 0 Å². The summed E-state index contributed by atoms with van der Waals surface area (Å²) in [5.41, 5.74) is 0. The van der Waals surface area contributed by atoms with Gasteiger partial charge in [0, 0.05) is 0 Å². The van der Waals surface area contributed by atoms with Crippen molar-refractivity contribution in [3.05, 3.63) is 36.5 Å². The van der Waals surface area contributed by atoms with Gasteiger partial charge in [-0.1, -0.05) is 147 Å². The number of hydrogen-bond donors (Lipinski definition) is 8. The van der Waals surface area contributed by atoms with Gasteiger partial charge in [-0.3, -0.25) is 4.79 Å². The van der Waals surface area contributed by atoms with E-state index in [9.17, 15) is 40.5 Å². The zero-order valence-corrected chi connectivity index (χ0v) is 36.5. The van der Waals surface area contributed by atoms with Crippen LogP contribution in [0.2, 0.25) is 0 Å². The van der Waals surface area contributed by atoms with Crippen molar-refractivity contribution in [3.63, 3.8) is 0 Å². The van der Waals surface area contributed by atoms with E-state index in [4.69, 9.17) is 9.47 Å². The molecule has 1 fully saturated rings. The van der Waals surface area contributed by atoms with Gasteiger partial charge in [0.05, 0.1) is 25.4 Å². The molecule has 0 spiro atoms. The van der Waals surface area contributed by atoms with Crippen molar-refractivity contribution >= 4 is 5.91 Å². The Hall–Kier alpha value is -1.67. The molecular weight excluding hydrogens is 739 g/mol. The van der Waals surface area contributed by atoms with E-state index < -0.39 is 74.2 Å². The highest BCUT2D eigenvalue weighted by Crippen LogP contribution is 2.23. The second kappa shape index (κ2) is 37.1. The maximum absolute atomic E-state index is 13.1. The molecule has 0 aromatic heterocycles. The SMILES string of the molecule is CCCCCC/C=C\CCCCCCCCC(O)C(=O)NC(COC1OC(CO)C(O)C(O)C1O)C(O)C(O)CCC/C=C/CC/C=C/CCCCCCCCCC. The molecule has 11 nitrogen and oxygen atoms in total. The number of amides is 1. The molecule has 9 unspecified atom stereocenters. The topological polar surface area (TPSA) is 189 Å². The first-order valence-electron chi connectivity index (χ1n) is 23.4. The molecule has 340 valence electrons. The van der Waals surface area contributed by atoms with Gasteiger partial charge in [0.1, 0.15) is 36.6 Å². The van der Waals surface area contributed by atoms with Gasteiger partial charge in [-0.05, 0) is 77.0 Å². The number of allylic oxidation sites excluding steroid dienone is 6. The van der Waals surface area contributed by atoms with Crippen molar-refractivity contribution in [2.24, 2.45) is 0 Å². The molecule has 0 aromatic carbocycles. The van der Waals surface area contributed by atoms with Crippen LogP contribution in [0.4, 0.5) is 0 Å². The van der Waals surface area contributed by atoms with Crippen LogP contribution < -0.4 is 5.32 Å². The van der Waals surface area contributed by atoms with Crippen LogP contribution in [0, 0.1) is 0 Å². The van der Waals surface area contributed by atoms with E-state index in [1.54, 1.807) is 0 Å². The number of hydrogen-bond acceptors (Lipinski definition) is 10. The van der Waals surface area contributed by atoms with Gasteiger partial charge in [-0.25, -0.2) is 0 Å². The third kappa shape index (κ3) is 26.5. The van der Waals surface area contributed by atoms with Crippen LogP contribution in [-0.2, 0) is 14.3 Å². The standard InChI is InChI=1S/C47H87NO10/c1-3-5-7-9-11-13-15-17-19-20-21-23-24-26-28-30-32-34-39(50)42(52)38(37-57-47-45(55)44(54)43(53)41(36-49)58-47)48-46(56)40(51)35-33-31-29-27-25-22-18-16-14-12-10-8-6-4-2/h14,16,20-21,26,28,38-45,47,49-55H,3-13,15,17-19,22-25,27,29-37H2,1-2H3,(H,48,56)/b16-14-,21-20+,28-26+. The normalized spacial score (nSPS) is 22.3. The van der Waals surface area contributed by atoms with Gasteiger partial charge in [0.2, 0.25) is 5.91 Å². The van der Waals surface area contributed by atoms with Crippen molar-refractivity contribution in [3.8, 4) is 0 Å². The van der Waals surface area contributed by atoms with E-state index in [0.717, 1.165) is 64.2 Å². The minimum atomic E-state index is -1.67. The van der Waals surface area contributed by atoms with Crippen molar-refractivity contribution in [2.75, 3.05) is 13.2 Å². The van der Waals surface area contributed by atoms with Gasteiger partial charge in [0.25, 0.3) is 0 Å². The Morgan fingerprint density at radius 2 is 1.03 bits per heavy atom. The van der Waals surface area contributed by atoms with Gasteiger partial charge in [0.15, 0.2) is 6.29 Å². The number of unbranched alkanes of at least 4 members (excludes halogenated alkanes) is 20. The summed E-state index contributed by atoms with van der Waals surface area (Å²) in [5, 5.41) is 75.6. The molecule has 0 bridgehead atoms. The Bertz CT molecular complexity index is 1040. The molecule has 1 aliphatic rings. The Morgan fingerprint density at radius 1 is 0.586 bits per heavy atom. The van der Waals surface area contributed by atoms with Crippen LogP contribution in [0.1, 0.15) is 187 Å². The van der Waals surface area contributed by atoms with Gasteiger partial charge in [-0.15, -0.1) is 0 Å². The van der Waals surface area contributed by atoms with E-state index in [0.29, 0.717) is 19.3 Å². The number of ether oxygens (including phenoxy) is 2. The molecule has 1 aliphatic heterocycles. The highest BCUT2D eigenvalue weighted by atomic mass is 16.7. The summed E-state index contributed by atoms with van der Waals surface area (Å²) in [7, 11) is 0. The van der Waals surface area contributed by atoms with Crippen LogP contribution in [0.15, 0.2) is 36.5 Å². The molecule has 0 aromatic rings. The third-order valence-corrected chi connectivity index (χ3v) is 11.1. The van der Waals surface area contributed by atoms with Crippen molar-refractivity contribution < 1.29 is 50.0 Å². The Labute approximate surface area is 352 Å². The Morgan fingerprint density at radius 3 is 1.55 bits per heavy atom. The van der Waals surface area contributed by atoms with Crippen molar-refractivity contribution in [2.45, 2.75) is 242 Å². The van der Waals surface area contributed by atoms with Crippen molar-refractivity contribution in [1.29, 1.82) is 0 Å². The van der Waals surface area contributed by atoms with Crippen molar-refractivity contribution in [1.82, 2.24) is 5.32 Å². The zero-order chi connectivity index (χ0) is 42.6. The van der Waals surface area contributed by atoms with Crippen LogP contribution in [-0.4, -0.2) is 110 Å². The molecule has 58 heavy (non-hydrogen) atoms. The first-order chi connectivity index (χ1) is 28.2. The largest absolute Gasteiger partial charge is 0.394 e. The highest BCUT2D eigenvalue weighted by Gasteiger charge is 2.44. The minimum Gasteiger partial charge on any atom is -0.394 e. The molecular formula is C47H87NO10. The highest BCUT2D eigenvalue weighted by molar-refractivity contribution is 5.80. The van der Waals surface area contributed by atoms with Crippen LogP contribution >= 0.6 is 0 Å². The van der Waals surface area contributed by atoms with Crippen LogP contribution in [0.25, 0.3) is 0 Å². The summed E-state index contributed by atoms with van der Waals surface area (Å²) in [6.45, 7) is 3.39. The second-order valence-electron chi connectivity index (χ2n) is 16.5. The molecule has 0 saturated carbocycles. The third-order valence-electron chi connectivity index (χ3n) is 11.1. The smallest absolute Gasteiger partial charge is 0.249 e. The molecule has 0 radical (unpaired) electrons. The predicted octanol–water partition coefficient (Wildman–Crippen LogP) is 7.61. The van der Waals surface area contributed by atoms with E-state index in [-0.39, 0.29) is 12.8 Å².